The largest absolute Gasteiger partial charge is 0.321 e. The minimum absolute atomic E-state index is 0.0820. The molecule has 9 heteroatoms. The van der Waals surface area contributed by atoms with Crippen LogP contribution in [0.3, 0.4) is 0 Å². The van der Waals surface area contributed by atoms with Crippen LogP contribution in [0.5, 0.6) is 0 Å². The maximum Gasteiger partial charge on any atom is 0.274 e. The van der Waals surface area contributed by atoms with Gasteiger partial charge in [-0.2, -0.15) is 0 Å². The van der Waals surface area contributed by atoms with Crippen molar-refractivity contribution in [2.45, 2.75) is 63.6 Å². The molecule has 1 amide bonds. The Morgan fingerprint density at radius 2 is 2.06 bits per heavy atom. The van der Waals surface area contributed by atoms with Crippen molar-refractivity contribution < 1.29 is 9.18 Å². The van der Waals surface area contributed by atoms with E-state index in [0.717, 1.165) is 44.0 Å². The maximum absolute atomic E-state index is 15.6. The van der Waals surface area contributed by atoms with Crippen LogP contribution in [-0.2, 0) is 25.7 Å². The topological polar surface area (TPSA) is 88.8 Å². The number of carbonyl (C=O) groups is 1. The summed E-state index contributed by atoms with van der Waals surface area (Å²) >= 11 is 0. The summed E-state index contributed by atoms with van der Waals surface area (Å²) in [5.41, 5.74) is 1.15. The van der Waals surface area contributed by atoms with Gasteiger partial charge in [0.1, 0.15) is 29.3 Å². The van der Waals surface area contributed by atoms with E-state index in [9.17, 15) is 4.79 Å². The standard InChI is InChI=1S/C27H32FN7O/c1-26(28,14-23-33-29-17-34(23)2)19-4-3-5-20(12-19)31-25(36)22-13-21(30-24(32-22)18-6-7-18)15-35-11-10-27(16-35)8-9-27/h3-5,12-13,17-18H,6-11,14-16H2,1-2H3,(H,31,36)/t26-/m1/s1. The van der Waals surface area contributed by atoms with Gasteiger partial charge in [-0.05, 0) is 74.8 Å². The number of aryl methyl sites for hydroxylation is 1. The van der Waals surface area contributed by atoms with Crippen LogP contribution in [0.25, 0.3) is 0 Å². The van der Waals surface area contributed by atoms with Gasteiger partial charge in [0.15, 0.2) is 0 Å². The second-order valence-corrected chi connectivity index (χ2v) is 11.1. The number of anilines is 1. The van der Waals surface area contributed by atoms with Gasteiger partial charge in [-0.3, -0.25) is 9.69 Å². The predicted octanol–water partition coefficient (Wildman–Crippen LogP) is 4.15. The van der Waals surface area contributed by atoms with E-state index in [-0.39, 0.29) is 12.3 Å². The number of amides is 1. The van der Waals surface area contributed by atoms with Crippen LogP contribution >= 0.6 is 0 Å². The first-order chi connectivity index (χ1) is 17.3. The molecule has 8 nitrogen and oxygen atoms in total. The van der Waals surface area contributed by atoms with Gasteiger partial charge in [0.25, 0.3) is 5.91 Å². The Morgan fingerprint density at radius 3 is 2.75 bits per heavy atom. The highest BCUT2D eigenvalue weighted by molar-refractivity contribution is 6.03. The van der Waals surface area contributed by atoms with E-state index in [2.05, 4.69) is 25.4 Å². The van der Waals surface area contributed by atoms with Crippen LogP contribution in [0.1, 0.15) is 78.3 Å². The lowest BCUT2D eigenvalue weighted by atomic mass is 9.93. The number of nitrogens with one attached hydrogen (secondary N) is 1. The van der Waals surface area contributed by atoms with Gasteiger partial charge < -0.3 is 9.88 Å². The van der Waals surface area contributed by atoms with E-state index >= 15 is 4.39 Å². The number of rotatable bonds is 8. The van der Waals surface area contributed by atoms with Crippen LogP contribution in [0, 0.1) is 5.41 Å². The Hall–Kier alpha value is -3.20. The molecule has 2 aromatic heterocycles. The monoisotopic (exact) mass is 489 g/mol. The molecule has 3 fully saturated rings. The molecule has 0 unspecified atom stereocenters. The first-order valence-corrected chi connectivity index (χ1v) is 12.8. The van der Waals surface area contributed by atoms with Crippen LogP contribution < -0.4 is 5.32 Å². The highest BCUT2D eigenvalue weighted by Crippen LogP contribution is 2.52. The second kappa shape index (κ2) is 8.73. The number of hydrogen-bond acceptors (Lipinski definition) is 6. The third kappa shape index (κ3) is 4.89. The van der Waals surface area contributed by atoms with Gasteiger partial charge in [-0.25, -0.2) is 14.4 Å². The van der Waals surface area contributed by atoms with Crippen molar-refractivity contribution in [1.82, 2.24) is 29.6 Å². The molecule has 1 spiro atoms. The Morgan fingerprint density at radius 1 is 1.22 bits per heavy atom. The van der Waals surface area contributed by atoms with Gasteiger partial charge in [0, 0.05) is 38.2 Å². The van der Waals surface area contributed by atoms with Crippen LogP contribution in [0.2, 0.25) is 0 Å². The van der Waals surface area contributed by atoms with Crippen molar-refractivity contribution in [3.63, 3.8) is 0 Å². The molecule has 2 aliphatic carbocycles. The zero-order valence-corrected chi connectivity index (χ0v) is 20.9. The molecule has 1 saturated heterocycles. The number of carbonyl (C=O) groups excluding carboxylic acids is 1. The minimum Gasteiger partial charge on any atom is -0.321 e. The third-order valence-corrected chi connectivity index (χ3v) is 7.85. The molecule has 1 aromatic carbocycles. The number of nitrogens with zero attached hydrogens (tertiary/aromatic N) is 6. The molecule has 36 heavy (non-hydrogen) atoms. The summed E-state index contributed by atoms with van der Waals surface area (Å²) in [6, 6.07) is 8.74. The lowest BCUT2D eigenvalue weighted by Gasteiger charge is -2.21. The SMILES string of the molecule is Cn1cnnc1C[C@@](C)(F)c1cccc(NC(=O)c2cc(CN3CCC4(CC4)C3)nc(C3CC3)n2)c1. The van der Waals surface area contributed by atoms with Crippen molar-refractivity contribution in [1.29, 1.82) is 0 Å². The molecule has 188 valence electrons. The van der Waals surface area contributed by atoms with E-state index in [1.807, 2.05) is 6.07 Å². The Bertz CT molecular complexity index is 1290. The molecular weight excluding hydrogens is 457 g/mol. The average Bonchev–Trinajstić information content (AvgIpc) is 3.76. The zero-order valence-electron chi connectivity index (χ0n) is 20.9. The van der Waals surface area contributed by atoms with Crippen LogP contribution in [0.15, 0.2) is 36.7 Å². The summed E-state index contributed by atoms with van der Waals surface area (Å²) in [5, 5.41) is 10.8. The fourth-order valence-electron chi connectivity index (χ4n) is 5.20. The van der Waals surface area contributed by atoms with E-state index in [1.54, 1.807) is 42.2 Å². The summed E-state index contributed by atoms with van der Waals surface area (Å²) in [4.78, 5) is 25.1. The normalized spacial score (nSPS) is 20.4. The predicted molar refractivity (Wildman–Crippen MR) is 133 cm³/mol. The molecule has 1 atom stereocenters. The fraction of sp³-hybridized carbons (Fsp3) is 0.519. The molecule has 2 saturated carbocycles. The number of aromatic nitrogens is 5. The minimum atomic E-state index is -1.67. The molecule has 3 aliphatic rings. The molecule has 0 bridgehead atoms. The van der Waals surface area contributed by atoms with Crippen molar-refractivity contribution in [2.75, 3.05) is 18.4 Å². The smallest absolute Gasteiger partial charge is 0.274 e. The average molecular weight is 490 g/mol. The van der Waals surface area contributed by atoms with Crippen molar-refractivity contribution in [3.8, 4) is 0 Å². The quantitative estimate of drug-likeness (QED) is 0.511. The Balaban J connectivity index is 1.19. The van der Waals surface area contributed by atoms with Crippen LogP contribution in [0.4, 0.5) is 10.1 Å². The van der Waals surface area contributed by atoms with Gasteiger partial charge in [-0.1, -0.05) is 12.1 Å². The molecule has 3 heterocycles. The van der Waals surface area contributed by atoms with Crippen molar-refractivity contribution in [3.05, 3.63) is 65.3 Å². The lowest BCUT2D eigenvalue weighted by molar-refractivity contribution is 0.102. The lowest BCUT2D eigenvalue weighted by Crippen LogP contribution is -2.23. The number of likely N-dealkylation sites (tertiary alicyclic amines) is 1. The Kier molecular flexibility index (Phi) is 5.63. The second-order valence-electron chi connectivity index (χ2n) is 11.1. The number of hydrogen-bond donors (Lipinski definition) is 1. The van der Waals surface area contributed by atoms with E-state index < -0.39 is 5.67 Å². The first kappa shape index (κ1) is 23.2. The van der Waals surface area contributed by atoms with Gasteiger partial charge in [0.05, 0.1) is 5.69 Å². The fourth-order valence-corrected chi connectivity index (χ4v) is 5.20. The molecule has 1 N–H and O–H groups in total. The molecule has 0 radical (unpaired) electrons. The highest BCUT2D eigenvalue weighted by Gasteiger charge is 2.47. The summed E-state index contributed by atoms with van der Waals surface area (Å²) < 4.78 is 17.4. The summed E-state index contributed by atoms with van der Waals surface area (Å²) in [6.07, 6.45) is 7.72. The summed E-state index contributed by atoms with van der Waals surface area (Å²) in [5.74, 6) is 1.38. The third-order valence-electron chi connectivity index (χ3n) is 7.85. The summed E-state index contributed by atoms with van der Waals surface area (Å²) in [7, 11) is 1.79. The van der Waals surface area contributed by atoms with Crippen molar-refractivity contribution >= 4 is 11.6 Å². The van der Waals surface area contributed by atoms with E-state index in [0.29, 0.717) is 34.1 Å². The van der Waals surface area contributed by atoms with Crippen molar-refractivity contribution in [2.24, 2.45) is 12.5 Å². The van der Waals surface area contributed by atoms with Gasteiger partial charge in [-0.15, -0.1) is 10.2 Å². The number of halogens is 1. The highest BCUT2D eigenvalue weighted by atomic mass is 19.1. The maximum atomic E-state index is 15.6. The van der Waals surface area contributed by atoms with Gasteiger partial charge >= 0.3 is 0 Å². The molecule has 3 aromatic rings. The molecular formula is C27H32FN7O. The number of alkyl halides is 1. The van der Waals surface area contributed by atoms with Crippen LogP contribution in [-0.4, -0.2) is 48.6 Å². The van der Waals surface area contributed by atoms with E-state index in [4.69, 9.17) is 4.98 Å². The summed E-state index contributed by atoms with van der Waals surface area (Å²) in [6.45, 7) is 4.49. The van der Waals surface area contributed by atoms with E-state index in [1.165, 1.54) is 26.2 Å². The van der Waals surface area contributed by atoms with Gasteiger partial charge in [0.2, 0.25) is 0 Å². The number of benzene rings is 1. The molecule has 6 rings (SSSR count). The molecule has 1 aliphatic heterocycles. The Labute approximate surface area is 210 Å². The zero-order chi connectivity index (χ0) is 24.9. The first-order valence-electron chi connectivity index (χ1n) is 12.8.